The fourth-order valence-electron chi connectivity index (χ4n) is 1.51. The van der Waals surface area contributed by atoms with Crippen molar-refractivity contribution >= 4 is 12.0 Å². The van der Waals surface area contributed by atoms with Gasteiger partial charge in [-0.05, 0) is 23.8 Å². The van der Waals surface area contributed by atoms with Gasteiger partial charge in [-0.15, -0.1) is 0 Å². The second-order valence-electron chi connectivity index (χ2n) is 3.99. The quantitative estimate of drug-likeness (QED) is 0.415. The summed E-state index contributed by atoms with van der Waals surface area (Å²) in [5.41, 5.74) is 0.801. The highest BCUT2D eigenvalue weighted by Gasteiger charge is 2.01. The van der Waals surface area contributed by atoms with Crippen molar-refractivity contribution in [1.82, 2.24) is 0 Å². The lowest BCUT2D eigenvalue weighted by molar-refractivity contribution is -0.138. The van der Waals surface area contributed by atoms with Crippen LogP contribution < -0.4 is 9.47 Å². The highest BCUT2D eigenvalue weighted by atomic mass is 16.5. The van der Waals surface area contributed by atoms with Crippen LogP contribution in [0.15, 0.2) is 24.3 Å². The molecule has 0 fully saturated rings. The van der Waals surface area contributed by atoms with Crippen LogP contribution in [0.5, 0.6) is 11.5 Å². The highest BCUT2D eigenvalue weighted by molar-refractivity contribution is 5.87. The largest absolute Gasteiger partial charge is 0.497 e. The Morgan fingerprint density at radius 3 is 2.25 bits per heavy atom. The number of carbonyl (C=O) groups excluding carboxylic acids is 1. The Morgan fingerprint density at radius 2 is 1.70 bits per heavy atom. The minimum atomic E-state index is -0.386. The lowest BCUT2D eigenvalue weighted by Gasteiger charge is -2.05. The van der Waals surface area contributed by atoms with Gasteiger partial charge in [0.15, 0.2) is 0 Å². The number of esters is 1. The first-order chi connectivity index (χ1) is 9.69. The van der Waals surface area contributed by atoms with Crippen molar-refractivity contribution in [2.75, 3.05) is 34.5 Å². The third kappa shape index (κ3) is 5.75. The van der Waals surface area contributed by atoms with Gasteiger partial charge in [0.05, 0.1) is 20.8 Å². The van der Waals surface area contributed by atoms with Gasteiger partial charge in [-0.1, -0.05) is 0 Å². The van der Waals surface area contributed by atoms with Crippen LogP contribution in [-0.4, -0.2) is 40.5 Å². The molecule has 5 heteroatoms. The molecule has 0 aliphatic rings. The zero-order valence-corrected chi connectivity index (χ0v) is 12.0. The summed E-state index contributed by atoms with van der Waals surface area (Å²) in [6.07, 6.45) is 3.72. The first kappa shape index (κ1) is 16.0. The molecule has 5 nitrogen and oxygen atoms in total. The number of benzene rings is 1. The standard InChI is InChI=1S/C15H20O5/c1-17-7-4-8-20-15(16)6-5-12-9-13(18-2)11-14(10-12)19-3/h5-6,9-11H,4,7-8H2,1-3H3/b6-5+. The topological polar surface area (TPSA) is 54.0 Å². The zero-order chi connectivity index (χ0) is 14.8. The van der Waals surface area contributed by atoms with Crippen LogP contribution in [-0.2, 0) is 14.3 Å². The summed E-state index contributed by atoms with van der Waals surface area (Å²) in [5, 5.41) is 0. The molecule has 110 valence electrons. The van der Waals surface area contributed by atoms with Crippen LogP contribution in [0.3, 0.4) is 0 Å². The molecule has 20 heavy (non-hydrogen) atoms. The third-order valence-electron chi connectivity index (χ3n) is 2.52. The van der Waals surface area contributed by atoms with Gasteiger partial charge in [0.25, 0.3) is 0 Å². The maximum Gasteiger partial charge on any atom is 0.330 e. The number of hydrogen-bond acceptors (Lipinski definition) is 5. The van der Waals surface area contributed by atoms with Crippen molar-refractivity contribution < 1.29 is 23.7 Å². The maximum absolute atomic E-state index is 11.5. The number of rotatable bonds is 8. The van der Waals surface area contributed by atoms with Crippen LogP contribution in [0.2, 0.25) is 0 Å². The Hall–Kier alpha value is -2.01. The molecular formula is C15H20O5. The molecule has 0 saturated heterocycles. The van der Waals surface area contributed by atoms with E-state index in [9.17, 15) is 4.79 Å². The second kappa shape index (κ2) is 8.98. The predicted molar refractivity (Wildman–Crippen MR) is 76.0 cm³/mol. The Kier molecular flexibility index (Phi) is 7.21. The summed E-state index contributed by atoms with van der Waals surface area (Å²) >= 11 is 0. The maximum atomic E-state index is 11.5. The molecule has 0 spiro atoms. The van der Waals surface area contributed by atoms with Gasteiger partial charge in [-0.2, -0.15) is 0 Å². The minimum absolute atomic E-state index is 0.346. The Balaban J connectivity index is 2.58. The van der Waals surface area contributed by atoms with Gasteiger partial charge in [0.1, 0.15) is 11.5 Å². The van der Waals surface area contributed by atoms with E-state index in [1.165, 1.54) is 6.08 Å². The molecule has 0 radical (unpaired) electrons. The van der Waals surface area contributed by atoms with Gasteiger partial charge in [-0.25, -0.2) is 4.79 Å². The van der Waals surface area contributed by atoms with Crippen LogP contribution >= 0.6 is 0 Å². The third-order valence-corrected chi connectivity index (χ3v) is 2.52. The zero-order valence-electron chi connectivity index (χ0n) is 12.0. The van der Waals surface area contributed by atoms with Gasteiger partial charge in [0.2, 0.25) is 0 Å². The van der Waals surface area contributed by atoms with E-state index >= 15 is 0 Å². The Labute approximate surface area is 119 Å². The van der Waals surface area contributed by atoms with E-state index < -0.39 is 0 Å². The van der Waals surface area contributed by atoms with E-state index in [0.29, 0.717) is 31.1 Å². The van der Waals surface area contributed by atoms with Gasteiger partial charge in [-0.3, -0.25) is 0 Å². The SMILES string of the molecule is COCCCOC(=O)/C=C/c1cc(OC)cc(OC)c1. The summed E-state index contributed by atoms with van der Waals surface area (Å²) in [4.78, 5) is 11.5. The average Bonchev–Trinajstić information content (AvgIpc) is 2.49. The van der Waals surface area contributed by atoms with Crippen LogP contribution in [0, 0.1) is 0 Å². The molecule has 0 saturated carbocycles. The number of hydrogen-bond donors (Lipinski definition) is 0. The predicted octanol–water partition coefficient (Wildman–Crippen LogP) is 2.30. The monoisotopic (exact) mass is 280 g/mol. The fourth-order valence-corrected chi connectivity index (χ4v) is 1.51. The molecule has 0 aliphatic heterocycles. The lowest BCUT2D eigenvalue weighted by Crippen LogP contribution is -2.04. The molecule has 1 aromatic carbocycles. The van der Waals surface area contributed by atoms with E-state index in [0.717, 1.165) is 5.56 Å². The molecule has 0 heterocycles. The number of carbonyl (C=O) groups is 1. The number of methoxy groups -OCH3 is 3. The molecule has 0 N–H and O–H groups in total. The Morgan fingerprint density at radius 1 is 1.05 bits per heavy atom. The van der Waals surface area contributed by atoms with E-state index in [1.807, 2.05) is 0 Å². The molecular weight excluding hydrogens is 260 g/mol. The highest BCUT2D eigenvalue weighted by Crippen LogP contribution is 2.23. The normalized spacial score (nSPS) is 10.6. The number of ether oxygens (including phenoxy) is 4. The van der Waals surface area contributed by atoms with Gasteiger partial charge >= 0.3 is 5.97 Å². The molecule has 0 aliphatic carbocycles. The summed E-state index contributed by atoms with van der Waals surface area (Å²) < 4.78 is 20.2. The lowest BCUT2D eigenvalue weighted by atomic mass is 10.2. The first-order valence-corrected chi connectivity index (χ1v) is 6.26. The first-order valence-electron chi connectivity index (χ1n) is 6.26. The fraction of sp³-hybridized carbons (Fsp3) is 0.400. The summed E-state index contributed by atoms with van der Waals surface area (Å²) in [6, 6.07) is 5.37. The molecule has 0 bridgehead atoms. The van der Waals surface area contributed by atoms with Crippen LogP contribution in [0.1, 0.15) is 12.0 Å². The van der Waals surface area contributed by atoms with Crippen molar-refractivity contribution in [2.24, 2.45) is 0 Å². The van der Waals surface area contributed by atoms with E-state index in [-0.39, 0.29) is 5.97 Å². The smallest absolute Gasteiger partial charge is 0.330 e. The second-order valence-corrected chi connectivity index (χ2v) is 3.99. The van der Waals surface area contributed by atoms with Crippen molar-refractivity contribution in [2.45, 2.75) is 6.42 Å². The van der Waals surface area contributed by atoms with Crippen molar-refractivity contribution in [1.29, 1.82) is 0 Å². The van der Waals surface area contributed by atoms with Crippen LogP contribution in [0.25, 0.3) is 6.08 Å². The van der Waals surface area contributed by atoms with Crippen molar-refractivity contribution in [3.8, 4) is 11.5 Å². The Bertz CT molecular complexity index is 431. The summed E-state index contributed by atoms with van der Waals surface area (Å²) in [5.74, 6) is 0.942. The summed E-state index contributed by atoms with van der Waals surface area (Å²) in [7, 11) is 4.76. The average molecular weight is 280 g/mol. The van der Waals surface area contributed by atoms with Gasteiger partial charge < -0.3 is 18.9 Å². The van der Waals surface area contributed by atoms with Crippen molar-refractivity contribution in [3.05, 3.63) is 29.8 Å². The molecule has 0 aromatic heterocycles. The molecule has 0 amide bonds. The van der Waals surface area contributed by atoms with Crippen LogP contribution in [0.4, 0.5) is 0 Å². The molecule has 1 aromatic rings. The van der Waals surface area contributed by atoms with E-state index in [2.05, 4.69) is 0 Å². The molecule has 0 unspecified atom stereocenters. The van der Waals surface area contributed by atoms with E-state index in [1.54, 1.807) is 45.6 Å². The van der Waals surface area contributed by atoms with Gasteiger partial charge in [0, 0.05) is 32.3 Å². The molecule has 0 atom stereocenters. The minimum Gasteiger partial charge on any atom is -0.497 e. The molecule has 1 rings (SSSR count). The van der Waals surface area contributed by atoms with Crippen molar-refractivity contribution in [3.63, 3.8) is 0 Å². The van der Waals surface area contributed by atoms with E-state index in [4.69, 9.17) is 18.9 Å². The summed E-state index contributed by atoms with van der Waals surface area (Å²) in [6.45, 7) is 0.919.